The standard InChI is InChI=1S/C14H17BrN2OS/c1-9(16)12-7-11(15)3-4-13(12)18-6-5-14-10(2)17-8-19-14/h3-4,7-9H,5-6,16H2,1-2H3/t9-/m0/s1. The fourth-order valence-corrected chi connectivity index (χ4v) is 2.97. The first-order chi connectivity index (χ1) is 9.08. The van der Waals surface area contributed by atoms with Crippen LogP contribution in [0.15, 0.2) is 28.2 Å². The van der Waals surface area contributed by atoms with Crippen molar-refractivity contribution >= 4 is 27.3 Å². The highest BCUT2D eigenvalue weighted by Crippen LogP contribution is 2.27. The van der Waals surface area contributed by atoms with Crippen molar-refractivity contribution in [2.24, 2.45) is 5.73 Å². The fourth-order valence-electron chi connectivity index (χ4n) is 1.83. The number of ether oxygens (including phenoxy) is 1. The number of rotatable bonds is 5. The maximum Gasteiger partial charge on any atom is 0.124 e. The van der Waals surface area contributed by atoms with Crippen LogP contribution in [0.1, 0.15) is 29.1 Å². The lowest BCUT2D eigenvalue weighted by Gasteiger charge is -2.14. The highest BCUT2D eigenvalue weighted by Gasteiger charge is 2.09. The van der Waals surface area contributed by atoms with Gasteiger partial charge in [-0.1, -0.05) is 15.9 Å². The Morgan fingerprint density at radius 3 is 2.89 bits per heavy atom. The van der Waals surface area contributed by atoms with Crippen LogP contribution >= 0.6 is 27.3 Å². The Morgan fingerprint density at radius 1 is 1.47 bits per heavy atom. The summed E-state index contributed by atoms with van der Waals surface area (Å²) in [6.45, 7) is 4.63. The van der Waals surface area contributed by atoms with E-state index in [0.29, 0.717) is 6.61 Å². The van der Waals surface area contributed by atoms with Crippen LogP contribution in [0, 0.1) is 6.92 Å². The van der Waals surface area contributed by atoms with E-state index < -0.39 is 0 Å². The molecule has 1 heterocycles. The maximum atomic E-state index is 5.97. The molecule has 0 spiro atoms. The highest BCUT2D eigenvalue weighted by molar-refractivity contribution is 9.10. The average Bonchev–Trinajstić information content (AvgIpc) is 2.77. The molecule has 0 radical (unpaired) electrons. The lowest BCUT2D eigenvalue weighted by atomic mass is 10.1. The minimum Gasteiger partial charge on any atom is -0.493 e. The molecule has 0 aliphatic rings. The molecule has 0 aliphatic carbocycles. The van der Waals surface area contributed by atoms with Gasteiger partial charge in [-0.2, -0.15) is 0 Å². The van der Waals surface area contributed by atoms with Crippen molar-refractivity contribution < 1.29 is 4.74 Å². The molecular formula is C14H17BrN2OS. The molecule has 1 aromatic carbocycles. The molecule has 0 amide bonds. The Morgan fingerprint density at radius 2 is 2.26 bits per heavy atom. The molecule has 19 heavy (non-hydrogen) atoms. The number of aryl methyl sites for hydroxylation is 1. The van der Waals surface area contributed by atoms with E-state index in [-0.39, 0.29) is 6.04 Å². The average molecular weight is 341 g/mol. The van der Waals surface area contributed by atoms with Gasteiger partial charge >= 0.3 is 0 Å². The van der Waals surface area contributed by atoms with Gasteiger partial charge in [0.05, 0.1) is 17.8 Å². The SMILES string of the molecule is Cc1ncsc1CCOc1ccc(Br)cc1[C@H](C)N. The molecule has 102 valence electrons. The van der Waals surface area contributed by atoms with E-state index in [9.17, 15) is 0 Å². The monoisotopic (exact) mass is 340 g/mol. The molecular weight excluding hydrogens is 324 g/mol. The van der Waals surface area contributed by atoms with Gasteiger partial charge in [0.15, 0.2) is 0 Å². The Balaban J connectivity index is 2.01. The third-order valence-corrected chi connectivity index (χ3v) is 4.38. The van der Waals surface area contributed by atoms with E-state index in [1.807, 2.05) is 37.6 Å². The Kier molecular flexibility index (Phi) is 4.96. The summed E-state index contributed by atoms with van der Waals surface area (Å²) in [6, 6.07) is 5.90. The first kappa shape index (κ1) is 14.5. The third-order valence-electron chi connectivity index (χ3n) is 2.89. The minimum absolute atomic E-state index is 0.0439. The molecule has 5 heteroatoms. The van der Waals surface area contributed by atoms with Gasteiger partial charge in [0, 0.05) is 27.4 Å². The molecule has 0 aliphatic heterocycles. The predicted octanol–water partition coefficient (Wildman–Crippen LogP) is 3.86. The van der Waals surface area contributed by atoms with Crippen LogP contribution in [-0.4, -0.2) is 11.6 Å². The smallest absolute Gasteiger partial charge is 0.124 e. The topological polar surface area (TPSA) is 48.1 Å². The van der Waals surface area contributed by atoms with Gasteiger partial charge in [0.25, 0.3) is 0 Å². The van der Waals surface area contributed by atoms with Gasteiger partial charge in [-0.15, -0.1) is 11.3 Å². The number of aromatic nitrogens is 1. The molecule has 0 unspecified atom stereocenters. The van der Waals surface area contributed by atoms with Gasteiger partial charge in [-0.25, -0.2) is 4.98 Å². The van der Waals surface area contributed by atoms with Crippen LogP contribution in [-0.2, 0) is 6.42 Å². The molecule has 3 nitrogen and oxygen atoms in total. The van der Waals surface area contributed by atoms with Gasteiger partial charge in [-0.3, -0.25) is 0 Å². The van der Waals surface area contributed by atoms with Crippen molar-refractivity contribution in [1.82, 2.24) is 4.98 Å². The molecule has 2 aromatic rings. The zero-order valence-electron chi connectivity index (χ0n) is 11.0. The lowest BCUT2D eigenvalue weighted by Crippen LogP contribution is -2.09. The number of nitrogens with two attached hydrogens (primary N) is 1. The maximum absolute atomic E-state index is 5.97. The number of hydrogen-bond donors (Lipinski definition) is 1. The second-order valence-corrected chi connectivity index (χ2v) is 6.29. The van der Waals surface area contributed by atoms with Crippen LogP contribution in [0.5, 0.6) is 5.75 Å². The van der Waals surface area contributed by atoms with E-state index in [4.69, 9.17) is 10.5 Å². The molecule has 2 N–H and O–H groups in total. The zero-order valence-corrected chi connectivity index (χ0v) is 13.4. The quantitative estimate of drug-likeness (QED) is 0.898. The second kappa shape index (κ2) is 6.50. The first-order valence-corrected chi connectivity index (χ1v) is 7.82. The van der Waals surface area contributed by atoms with Crippen molar-refractivity contribution in [3.8, 4) is 5.75 Å². The number of benzene rings is 1. The van der Waals surface area contributed by atoms with E-state index in [2.05, 4.69) is 20.9 Å². The lowest BCUT2D eigenvalue weighted by molar-refractivity contribution is 0.317. The zero-order chi connectivity index (χ0) is 13.8. The largest absolute Gasteiger partial charge is 0.493 e. The van der Waals surface area contributed by atoms with E-state index in [0.717, 1.165) is 27.9 Å². The van der Waals surface area contributed by atoms with Crippen molar-refractivity contribution in [2.45, 2.75) is 26.3 Å². The van der Waals surface area contributed by atoms with Crippen molar-refractivity contribution in [3.63, 3.8) is 0 Å². The van der Waals surface area contributed by atoms with Crippen LogP contribution in [0.2, 0.25) is 0 Å². The Bertz CT molecular complexity index is 554. The van der Waals surface area contributed by atoms with E-state index in [1.165, 1.54) is 4.88 Å². The Labute approximate surface area is 125 Å². The number of hydrogen-bond acceptors (Lipinski definition) is 4. The van der Waals surface area contributed by atoms with Gasteiger partial charge < -0.3 is 10.5 Å². The minimum atomic E-state index is -0.0439. The van der Waals surface area contributed by atoms with Crippen molar-refractivity contribution in [3.05, 3.63) is 44.3 Å². The van der Waals surface area contributed by atoms with Crippen molar-refractivity contribution in [2.75, 3.05) is 6.61 Å². The molecule has 2 rings (SSSR count). The first-order valence-electron chi connectivity index (χ1n) is 6.14. The third kappa shape index (κ3) is 3.78. The predicted molar refractivity (Wildman–Crippen MR) is 82.8 cm³/mol. The molecule has 1 aromatic heterocycles. The second-order valence-electron chi connectivity index (χ2n) is 4.43. The summed E-state index contributed by atoms with van der Waals surface area (Å²) in [6.07, 6.45) is 0.880. The number of thiazole rings is 1. The Hall–Kier alpha value is -0.910. The van der Waals surface area contributed by atoms with Crippen molar-refractivity contribution in [1.29, 1.82) is 0 Å². The molecule has 0 saturated carbocycles. The molecule has 1 atom stereocenters. The van der Waals surface area contributed by atoms with Gasteiger partial charge in [0.1, 0.15) is 5.75 Å². The highest BCUT2D eigenvalue weighted by atomic mass is 79.9. The van der Waals surface area contributed by atoms with E-state index in [1.54, 1.807) is 11.3 Å². The van der Waals surface area contributed by atoms with Crippen LogP contribution in [0.3, 0.4) is 0 Å². The van der Waals surface area contributed by atoms with Crippen LogP contribution in [0.4, 0.5) is 0 Å². The summed E-state index contributed by atoms with van der Waals surface area (Å²) in [5.74, 6) is 0.861. The van der Waals surface area contributed by atoms with Gasteiger partial charge in [-0.05, 0) is 32.0 Å². The molecule has 0 bridgehead atoms. The summed E-state index contributed by atoms with van der Waals surface area (Å²) >= 11 is 5.13. The van der Waals surface area contributed by atoms with E-state index >= 15 is 0 Å². The summed E-state index contributed by atoms with van der Waals surface area (Å²) in [5, 5.41) is 0. The fraction of sp³-hybridized carbons (Fsp3) is 0.357. The summed E-state index contributed by atoms with van der Waals surface area (Å²) in [5.41, 5.74) is 9.96. The molecule has 0 saturated heterocycles. The van der Waals surface area contributed by atoms with Crippen LogP contribution < -0.4 is 10.5 Å². The summed E-state index contributed by atoms with van der Waals surface area (Å²) in [4.78, 5) is 5.51. The molecule has 0 fully saturated rings. The number of nitrogens with zero attached hydrogens (tertiary/aromatic N) is 1. The van der Waals surface area contributed by atoms with Gasteiger partial charge in [0.2, 0.25) is 0 Å². The van der Waals surface area contributed by atoms with Crippen LogP contribution in [0.25, 0.3) is 0 Å². The summed E-state index contributed by atoms with van der Waals surface area (Å²) in [7, 11) is 0. The number of halogens is 1. The summed E-state index contributed by atoms with van der Waals surface area (Å²) < 4.78 is 6.88. The normalized spacial score (nSPS) is 12.4.